The van der Waals surface area contributed by atoms with Crippen molar-refractivity contribution in [1.82, 2.24) is 14.9 Å². The van der Waals surface area contributed by atoms with Gasteiger partial charge in [0, 0.05) is 18.8 Å². The maximum atomic E-state index is 11.9. The van der Waals surface area contributed by atoms with Crippen LogP contribution in [0.5, 0.6) is 0 Å². The Morgan fingerprint density at radius 2 is 1.95 bits per heavy atom. The highest BCUT2D eigenvalue weighted by atomic mass is 16.3. The molecule has 1 heterocycles. The van der Waals surface area contributed by atoms with Crippen molar-refractivity contribution in [3.63, 3.8) is 0 Å². The lowest BCUT2D eigenvalue weighted by Gasteiger charge is -2.19. The summed E-state index contributed by atoms with van der Waals surface area (Å²) in [5, 5.41) is 20.2. The number of hydrogen-bond acceptors (Lipinski definition) is 5. The quantitative estimate of drug-likeness (QED) is 0.544. The van der Waals surface area contributed by atoms with Crippen LogP contribution in [0.4, 0.5) is 5.69 Å². The van der Waals surface area contributed by atoms with Gasteiger partial charge in [0.2, 0.25) is 0 Å². The van der Waals surface area contributed by atoms with E-state index < -0.39 is 11.8 Å². The third-order valence-electron chi connectivity index (χ3n) is 2.90. The molecule has 0 aliphatic heterocycles. The summed E-state index contributed by atoms with van der Waals surface area (Å²) in [5.74, 6) is -1.63. The van der Waals surface area contributed by atoms with Gasteiger partial charge in [0.05, 0.1) is 30.6 Å². The number of benzene rings is 1. The van der Waals surface area contributed by atoms with Gasteiger partial charge in [-0.05, 0) is 18.2 Å². The maximum Gasteiger partial charge on any atom is 0.313 e. The van der Waals surface area contributed by atoms with E-state index in [4.69, 9.17) is 10.2 Å². The first kappa shape index (κ1) is 14.9. The zero-order valence-electron chi connectivity index (χ0n) is 11.2. The van der Waals surface area contributed by atoms with Crippen molar-refractivity contribution in [3.05, 3.63) is 24.5 Å². The number of amides is 2. The summed E-state index contributed by atoms with van der Waals surface area (Å²) in [6.07, 6.45) is 1.53. The monoisotopic (exact) mass is 292 g/mol. The number of rotatable bonds is 5. The Morgan fingerprint density at radius 1 is 1.24 bits per heavy atom. The highest BCUT2D eigenvalue weighted by molar-refractivity contribution is 6.39. The number of aliphatic hydroxyl groups is 2. The van der Waals surface area contributed by atoms with E-state index in [9.17, 15) is 9.59 Å². The van der Waals surface area contributed by atoms with Crippen LogP contribution in [-0.2, 0) is 9.59 Å². The lowest BCUT2D eigenvalue weighted by atomic mass is 10.2. The second-order valence-corrected chi connectivity index (χ2v) is 4.33. The van der Waals surface area contributed by atoms with Crippen molar-refractivity contribution in [1.29, 1.82) is 0 Å². The molecule has 0 unspecified atom stereocenters. The number of aromatic nitrogens is 2. The van der Waals surface area contributed by atoms with Crippen LogP contribution in [0.1, 0.15) is 0 Å². The number of imidazole rings is 1. The van der Waals surface area contributed by atoms with E-state index in [2.05, 4.69) is 15.3 Å². The van der Waals surface area contributed by atoms with E-state index in [1.807, 2.05) is 0 Å². The van der Waals surface area contributed by atoms with Gasteiger partial charge in [0.25, 0.3) is 0 Å². The molecular weight excluding hydrogens is 276 g/mol. The molecule has 8 nitrogen and oxygen atoms in total. The fourth-order valence-corrected chi connectivity index (χ4v) is 1.90. The molecule has 112 valence electrons. The molecule has 1 aromatic carbocycles. The molecule has 2 amide bonds. The number of anilines is 1. The van der Waals surface area contributed by atoms with Crippen molar-refractivity contribution in [2.75, 3.05) is 31.6 Å². The van der Waals surface area contributed by atoms with Crippen molar-refractivity contribution in [3.8, 4) is 0 Å². The molecule has 2 aromatic rings. The van der Waals surface area contributed by atoms with Gasteiger partial charge in [0.15, 0.2) is 0 Å². The lowest BCUT2D eigenvalue weighted by molar-refractivity contribution is -0.143. The summed E-state index contributed by atoms with van der Waals surface area (Å²) in [5.41, 5.74) is 1.95. The van der Waals surface area contributed by atoms with E-state index in [0.29, 0.717) is 5.69 Å². The van der Waals surface area contributed by atoms with Crippen molar-refractivity contribution >= 4 is 28.5 Å². The number of H-pyrrole nitrogens is 1. The van der Waals surface area contributed by atoms with E-state index in [1.165, 1.54) is 6.33 Å². The Balaban J connectivity index is 2.06. The highest BCUT2D eigenvalue weighted by Gasteiger charge is 2.21. The maximum absolute atomic E-state index is 11.9. The van der Waals surface area contributed by atoms with Gasteiger partial charge in [0.1, 0.15) is 0 Å². The topological polar surface area (TPSA) is 119 Å². The van der Waals surface area contributed by atoms with Crippen molar-refractivity contribution in [2.24, 2.45) is 0 Å². The minimum Gasteiger partial charge on any atom is -0.395 e. The SMILES string of the molecule is O=C(Nc1ccc2nc[nH]c2c1)C(=O)N(CCO)CCO. The van der Waals surface area contributed by atoms with Gasteiger partial charge in [-0.2, -0.15) is 0 Å². The average Bonchev–Trinajstić information content (AvgIpc) is 2.93. The molecule has 0 aliphatic carbocycles. The molecule has 21 heavy (non-hydrogen) atoms. The van der Waals surface area contributed by atoms with Crippen LogP contribution in [-0.4, -0.2) is 63.2 Å². The minimum absolute atomic E-state index is 0.00754. The van der Waals surface area contributed by atoms with Gasteiger partial charge >= 0.3 is 11.8 Å². The van der Waals surface area contributed by atoms with Crippen LogP contribution < -0.4 is 5.32 Å². The minimum atomic E-state index is -0.823. The predicted molar refractivity (Wildman–Crippen MR) is 75.5 cm³/mol. The Kier molecular flexibility index (Phi) is 4.85. The average molecular weight is 292 g/mol. The lowest BCUT2D eigenvalue weighted by Crippen LogP contribution is -2.42. The third kappa shape index (κ3) is 3.56. The number of carbonyl (C=O) groups excluding carboxylic acids is 2. The molecule has 0 saturated heterocycles. The molecule has 0 aliphatic rings. The molecule has 0 bridgehead atoms. The van der Waals surface area contributed by atoms with Gasteiger partial charge in [-0.3, -0.25) is 9.59 Å². The summed E-state index contributed by atoms with van der Waals surface area (Å²) in [4.78, 5) is 31.8. The summed E-state index contributed by atoms with van der Waals surface area (Å²) < 4.78 is 0. The molecule has 1 aromatic heterocycles. The summed E-state index contributed by atoms with van der Waals surface area (Å²) in [6.45, 7) is -0.572. The number of aliphatic hydroxyl groups excluding tert-OH is 2. The fourth-order valence-electron chi connectivity index (χ4n) is 1.90. The molecule has 4 N–H and O–H groups in total. The predicted octanol–water partition coefficient (Wildman–Crippen LogP) is -0.685. The number of nitrogens with one attached hydrogen (secondary N) is 2. The molecular formula is C13H16N4O4. The van der Waals surface area contributed by atoms with Gasteiger partial charge in [-0.1, -0.05) is 0 Å². The number of hydrogen-bond donors (Lipinski definition) is 4. The number of aromatic amines is 1. The molecule has 0 saturated carbocycles. The first-order chi connectivity index (χ1) is 10.2. The standard InChI is InChI=1S/C13H16N4O4/c18-5-3-17(4-6-19)13(21)12(20)16-9-1-2-10-11(7-9)15-8-14-10/h1-2,7-8,18-19H,3-6H2,(H,14,15)(H,16,20). The van der Waals surface area contributed by atoms with E-state index >= 15 is 0 Å². The van der Waals surface area contributed by atoms with Gasteiger partial charge < -0.3 is 25.4 Å². The highest BCUT2D eigenvalue weighted by Crippen LogP contribution is 2.15. The van der Waals surface area contributed by atoms with Gasteiger partial charge in [-0.15, -0.1) is 0 Å². The zero-order chi connectivity index (χ0) is 15.2. The molecule has 0 spiro atoms. The number of fused-ring (bicyclic) bond motifs is 1. The first-order valence-corrected chi connectivity index (χ1v) is 6.41. The summed E-state index contributed by atoms with van der Waals surface area (Å²) in [6, 6.07) is 5.01. The molecule has 2 rings (SSSR count). The third-order valence-corrected chi connectivity index (χ3v) is 2.90. The van der Waals surface area contributed by atoms with E-state index in [-0.39, 0.29) is 26.3 Å². The normalized spacial score (nSPS) is 10.6. The smallest absolute Gasteiger partial charge is 0.313 e. The second kappa shape index (κ2) is 6.82. The molecule has 0 atom stereocenters. The largest absolute Gasteiger partial charge is 0.395 e. The van der Waals surface area contributed by atoms with Crippen LogP contribution >= 0.6 is 0 Å². The second-order valence-electron chi connectivity index (χ2n) is 4.33. The molecule has 0 radical (unpaired) electrons. The van der Waals surface area contributed by atoms with E-state index in [0.717, 1.165) is 15.9 Å². The first-order valence-electron chi connectivity index (χ1n) is 6.41. The number of carbonyl (C=O) groups is 2. The van der Waals surface area contributed by atoms with Crippen LogP contribution in [0.2, 0.25) is 0 Å². The van der Waals surface area contributed by atoms with Crippen molar-refractivity contribution in [2.45, 2.75) is 0 Å². The van der Waals surface area contributed by atoms with Crippen LogP contribution in [0, 0.1) is 0 Å². The van der Waals surface area contributed by atoms with Crippen molar-refractivity contribution < 1.29 is 19.8 Å². The summed E-state index contributed by atoms with van der Waals surface area (Å²) in [7, 11) is 0. The molecule has 8 heteroatoms. The summed E-state index contributed by atoms with van der Waals surface area (Å²) >= 11 is 0. The van der Waals surface area contributed by atoms with Gasteiger partial charge in [-0.25, -0.2) is 4.98 Å². The van der Waals surface area contributed by atoms with Crippen LogP contribution in [0.25, 0.3) is 11.0 Å². The Bertz CT molecular complexity index is 634. The Labute approximate surface area is 120 Å². The number of nitrogens with zero attached hydrogens (tertiary/aromatic N) is 2. The van der Waals surface area contributed by atoms with Crippen LogP contribution in [0.15, 0.2) is 24.5 Å². The Hall–Kier alpha value is -2.45. The zero-order valence-corrected chi connectivity index (χ0v) is 11.2. The molecule has 0 fully saturated rings. The van der Waals surface area contributed by atoms with Crippen LogP contribution in [0.3, 0.4) is 0 Å². The van der Waals surface area contributed by atoms with E-state index in [1.54, 1.807) is 18.2 Å². The Morgan fingerprint density at radius 3 is 2.62 bits per heavy atom. The fraction of sp³-hybridized carbons (Fsp3) is 0.308.